The van der Waals surface area contributed by atoms with E-state index in [9.17, 15) is 0 Å². The number of benzene rings is 10. The van der Waals surface area contributed by atoms with Crippen LogP contribution < -0.4 is 0 Å². The lowest BCUT2D eigenvalue weighted by Crippen LogP contribution is -1.86. The Morgan fingerprint density at radius 3 is 1.08 bits per heavy atom. The highest BCUT2D eigenvalue weighted by Gasteiger charge is 2.11. The summed E-state index contributed by atoms with van der Waals surface area (Å²) in [5.41, 5.74) is 7.35. The first-order valence-corrected chi connectivity index (χ1v) is 16.7. The van der Waals surface area contributed by atoms with Gasteiger partial charge in [-0.05, 0) is 122 Å². The summed E-state index contributed by atoms with van der Waals surface area (Å²) in [4.78, 5) is 0. The predicted molar refractivity (Wildman–Crippen MR) is 208 cm³/mol. The molecule has 0 aliphatic carbocycles. The van der Waals surface area contributed by atoms with Crippen LogP contribution in [0, 0.1) is 0 Å². The fourth-order valence-electron chi connectivity index (χ4n) is 7.84. The molecule has 0 aliphatic heterocycles. The Morgan fingerprint density at radius 2 is 0.500 bits per heavy atom. The standard InChI is InChI=1S/C48H30/c1-2-14-39-31(9-1)21-25-45-44(39)24-22-32-19-20-37(29-47(32)45)35-12-7-10-33(27-35)34-11-8-13-36(28-34)38-23-26-46-42-17-4-3-15-40(42)41-16-5-6-18-43(41)48(46)30-38/h1-30H. The smallest absolute Gasteiger partial charge is 0.00928 e. The Hall–Kier alpha value is -6.24. The number of fused-ring (bicyclic) bond motifs is 11. The van der Waals surface area contributed by atoms with Gasteiger partial charge in [0.1, 0.15) is 0 Å². The van der Waals surface area contributed by atoms with Crippen molar-refractivity contribution in [3.8, 4) is 33.4 Å². The second-order valence-electron chi connectivity index (χ2n) is 12.9. The largest absolute Gasteiger partial charge is 0.0616 e. The van der Waals surface area contributed by atoms with E-state index in [1.165, 1.54) is 98.0 Å². The summed E-state index contributed by atoms with van der Waals surface area (Å²) in [6, 6.07) is 67.1. The average molecular weight is 607 g/mol. The van der Waals surface area contributed by atoms with E-state index in [2.05, 4.69) is 182 Å². The number of hydrogen-bond donors (Lipinski definition) is 0. The molecule has 0 fully saturated rings. The molecule has 48 heavy (non-hydrogen) atoms. The van der Waals surface area contributed by atoms with Gasteiger partial charge < -0.3 is 0 Å². The van der Waals surface area contributed by atoms with Gasteiger partial charge in [-0.2, -0.15) is 0 Å². The Kier molecular flexibility index (Phi) is 5.98. The maximum Gasteiger partial charge on any atom is -0.00928 e. The molecule has 0 bridgehead atoms. The molecular formula is C48H30. The molecule has 0 aromatic heterocycles. The summed E-state index contributed by atoms with van der Waals surface area (Å²) in [5, 5.41) is 15.6. The third-order valence-corrected chi connectivity index (χ3v) is 10.2. The molecule has 0 aliphatic rings. The maximum absolute atomic E-state index is 2.38. The van der Waals surface area contributed by atoms with Crippen molar-refractivity contribution in [2.45, 2.75) is 0 Å². The summed E-state index contributed by atoms with van der Waals surface area (Å²) in [5.74, 6) is 0. The Labute approximate surface area is 279 Å². The van der Waals surface area contributed by atoms with Gasteiger partial charge in [-0.3, -0.25) is 0 Å². The van der Waals surface area contributed by atoms with Gasteiger partial charge in [0.2, 0.25) is 0 Å². The third kappa shape index (κ3) is 4.24. The fourth-order valence-corrected chi connectivity index (χ4v) is 7.84. The van der Waals surface area contributed by atoms with E-state index in [0.29, 0.717) is 0 Å². The average Bonchev–Trinajstić information content (AvgIpc) is 3.17. The fraction of sp³-hybridized carbons (Fsp3) is 0. The summed E-state index contributed by atoms with van der Waals surface area (Å²) in [7, 11) is 0. The van der Waals surface area contributed by atoms with Crippen LogP contribution in [0.4, 0.5) is 0 Å². The van der Waals surface area contributed by atoms with Crippen LogP contribution >= 0.6 is 0 Å². The summed E-state index contributed by atoms with van der Waals surface area (Å²) < 4.78 is 0. The van der Waals surface area contributed by atoms with Gasteiger partial charge in [-0.15, -0.1) is 0 Å². The quantitative estimate of drug-likeness (QED) is 0.176. The zero-order valence-electron chi connectivity index (χ0n) is 26.3. The van der Waals surface area contributed by atoms with Crippen LogP contribution in [0.2, 0.25) is 0 Å². The van der Waals surface area contributed by atoms with Crippen LogP contribution in [-0.4, -0.2) is 0 Å². The van der Waals surface area contributed by atoms with E-state index in [1.807, 2.05) is 0 Å². The molecular weight excluding hydrogens is 577 g/mol. The van der Waals surface area contributed by atoms with E-state index in [-0.39, 0.29) is 0 Å². The highest BCUT2D eigenvalue weighted by Crippen LogP contribution is 2.39. The van der Waals surface area contributed by atoms with Gasteiger partial charge in [0, 0.05) is 0 Å². The Balaban J connectivity index is 1.07. The van der Waals surface area contributed by atoms with Crippen LogP contribution in [0.1, 0.15) is 0 Å². The van der Waals surface area contributed by atoms with E-state index < -0.39 is 0 Å². The highest BCUT2D eigenvalue weighted by atomic mass is 14.2. The van der Waals surface area contributed by atoms with Gasteiger partial charge in [0.25, 0.3) is 0 Å². The molecule has 10 rings (SSSR count). The van der Waals surface area contributed by atoms with Crippen molar-refractivity contribution < 1.29 is 0 Å². The van der Waals surface area contributed by atoms with Crippen molar-refractivity contribution in [2.24, 2.45) is 0 Å². The second-order valence-corrected chi connectivity index (χ2v) is 12.9. The minimum Gasteiger partial charge on any atom is -0.0616 e. The molecule has 10 aromatic carbocycles. The molecule has 0 heteroatoms. The van der Waals surface area contributed by atoms with Crippen LogP contribution in [-0.2, 0) is 0 Å². The number of hydrogen-bond acceptors (Lipinski definition) is 0. The van der Waals surface area contributed by atoms with Gasteiger partial charge in [0.05, 0.1) is 0 Å². The molecule has 0 nitrogen and oxygen atoms in total. The molecule has 0 heterocycles. The van der Waals surface area contributed by atoms with Crippen LogP contribution in [0.3, 0.4) is 0 Å². The molecule has 0 unspecified atom stereocenters. The molecule has 0 N–H and O–H groups in total. The molecule has 0 radical (unpaired) electrons. The van der Waals surface area contributed by atoms with Gasteiger partial charge in [-0.25, -0.2) is 0 Å². The van der Waals surface area contributed by atoms with Gasteiger partial charge in [0.15, 0.2) is 0 Å². The predicted octanol–water partition coefficient (Wildman–Crippen LogP) is 13.6. The van der Waals surface area contributed by atoms with Crippen LogP contribution in [0.25, 0.3) is 98.0 Å². The first kappa shape index (κ1) is 26.9. The zero-order valence-corrected chi connectivity index (χ0v) is 26.3. The zero-order chi connectivity index (χ0) is 31.6. The van der Waals surface area contributed by atoms with Gasteiger partial charge in [-0.1, -0.05) is 158 Å². The third-order valence-electron chi connectivity index (χ3n) is 10.2. The molecule has 0 spiro atoms. The van der Waals surface area contributed by atoms with E-state index in [0.717, 1.165) is 0 Å². The lowest BCUT2D eigenvalue weighted by atomic mass is 9.91. The normalized spacial score (nSPS) is 11.8. The van der Waals surface area contributed by atoms with Crippen molar-refractivity contribution in [1.82, 2.24) is 0 Å². The first-order valence-electron chi connectivity index (χ1n) is 16.7. The summed E-state index contributed by atoms with van der Waals surface area (Å²) >= 11 is 0. The summed E-state index contributed by atoms with van der Waals surface area (Å²) in [6.45, 7) is 0. The van der Waals surface area contributed by atoms with Gasteiger partial charge >= 0.3 is 0 Å². The monoisotopic (exact) mass is 606 g/mol. The van der Waals surface area contributed by atoms with E-state index in [1.54, 1.807) is 0 Å². The lowest BCUT2D eigenvalue weighted by Gasteiger charge is -2.13. The molecule has 0 saturated heterocycles. The van der Waals surface area contributed by atoms with Crippen LogP contribution in [0.5, 0.6) is 0 Å². The van der Waals surface area contributed by atoms with E-state index >= 15 is 0 Å². The van der Waals surface area contributed by atoms with Crippen LogP contribution in [0.15, 0.2) is 182 Å². The molecule has 10 aromatic rings. The highest BCUT2D eigenvalue weighted by molar-refractivity contribution is 6.25. The molecule has 0 amide bonds. The Morgan fingerprint density at radius 1 is 0.167 bits per heavy atom. The van der Waals surface area contributed by atoms with Crippen molar-refractivity contribution in [2.75, 3.05) is 0 Å². The van der Waals surface area contributed by atoms with Crippen molar-refractivity contribution >= 4 is 64.6 Å². The number of rotatable bonds is 3. The van der Waals surface area contributed by atoms with E-state index in [4.69, 9.17) is 0 Å². The maximum atomic E-state index is 2.38. The van der Waals surface area contributed by atoms with Crippen molar-refractivity contribution in [1.29, 1.82) is 0 Å². The minimum absolute atomic E-state index is 1.22. The second kappa shape index (κ2) is 10.7. The Bertz CT molecular complexity index is 2860. The van der Waals surface area contributed by atoms with Crippen molar-refractivity contribution in [3.05, 3.63) is 182 Å². The molecule has 222 valence electrons. The minimum atomic E-state index is 1.22. The van der Waals surface area contributed by atoms with Crippen molar-refractivity contribution in [3.63, 3.8) is 0 Å². The first-order chi connectivity index (χ1) is 23.8. The molecule has 0 atom stereocenters. The SMILES string of the molecule is c1cc(-c2cccc(-c3ccc4c5ccccc5c5ccccc5c4c3)c2)cc(-c2ccc3ccc4c5ccccc5ccc4c3c2)c1. The lowest BCUT2D eigenvalue weighted by molar-refractivity contribution is 1.59. The topological polar surface area (TPSA) is 0 Å². The summed E-state index contributed by atoms with van der Waals surface area (Å²) in [6.07, 6.45) is 0. The molecule has 0 saturated carbocycles.